The van der Waals surface area contributed by atoms with E-state index in [2.05, 4.69) is 0 Å². The lowest BCUT2D eigenvalue weighted by Crippen LogP contribution is -2.42. The summed E-state index contributed by atoms with van der Waals surface area (Å²) >= 11 is 0. The molecule has 1 fully saturated rings. The normalized spacial score (nSPS) is 22.6. The molecule has 1 aromatic rings. The lowest BCUT2D eigenvalue weighted by Gasteiger charge is -2.29. The minimum atomic E-state index is -3.61. The topological polar surface area (TPSA) is 57.6 Å². The summed E-state index contributed by atoms with van der Waals surface area (Å²) in [4.78, 5) is 0.0630. The minimum absolute atomic E-state index is 0.0630. The molecule has 94 valence electrons. The average Bonchev–Trinajstić information content (AvgIpc) is 2.29. The fourth-order valence-corrected chi connectivity index (χ4v) is 3.41. The molecule has 0 unspecified atom stereocenters. The van der Waals surface area contributed by atoms with E-state index in [1.54, 1.807) is 0 Å². The van der Waals surface area contributed by atoms with Crippen LogP contribution >= 0.6 is 0 Å². The van der Waals surface area contributed by atoms with E-state index in [1.165, 1.54) is 16.4 Å². The Morgan fingerprint density at radius 1 is 1.29 bits per heavy atom. The van der Waals surface area contributed by atoms with Crippen LogP contribution in [0.1, 0.15) is 12.8 Å². The Balaban J connectivity index is 2.26. The summed E-state index contributed by atoms with van der Waals surface area (Å²) in [5.74, 6) is -0.470. The van der Waals surface area contributed by atoms with Gasteiger partial charge in [-0.2, -0.15) is 4.31 Å². The summed E-state index contributed by atoms with van der Waals surface area (Å²) in [5, 5.41) is 9.47. The fraction of sp³-hybridized carbons (Fsp3) is 0.455. The molecule has 4 nitrogen and oxygen atoms in total. The number of nitrogens with zero attached hydrogens (tertiary/aromatic N) is 1. The van der Waals surface area contributed by atoms with Crippen molar-refractivity contribution in [2.75, 3.05) is 13.1 Å². The zero-order valence-electron chi connectivity index (χ0n) is 9.21. The van der Waals surface area contributed by atoms with Crippen LogP contribution in [0, 0.1) is 5.82 Å². The third kappa shape index (κ3) is 2.65. The van der Waals surface area contributed by atoms with E-state index in [0.717, 1.165) is 12.1 Å². The SMILES string of the molecule is O=S(=O)(c1ccc(F)cc1)N1CCC[C@@H](O)C1. The highest BCUT2D eigenvalue weighted by atomic mass is 32.2. The molecule has 1 aromatic carbocycles. The first-order chi connectivity index (χ1) is 8.00. The Morgan fingerprint density at radius 2 is 1.94 bits per heavy atom. The van der Waals surface area contributed by atoms with Gasteiger partial charge in [0.25, 0.3) is 0 Å². The average molecular weight is 259 g/mol. The zero-order chi connectivity index (χ0) is 12.5. The molecular weight excluding hydrogens is 245 g/mol. The molecule has 1 saturated heterocycles. The maximum atomic E-state index is 12.7. The van der Waals surface area contributed by atoms with Gasteiger partial charge in [0.05, 0.1) is 11.0 Å². The van der Waals surface area contributed by atoms with Crippen LogP contribution in [0.15, 0.2) is 29.2 Å². The first-order valence-electron chi connectivity index (χ1n) is 5.44. The Kier molecular flexibility index (Phi) is 3.46. The number of hydrogen-bond acceptors (Lipinski definition) is 3. The molecule has 17 heavy (non-hydrogen) atoms. The number of β-amino-alcohol motifs (C(OH)–C–C–N with tert-alkyl or cyclic N) is 1. The van der Waals surface area contributed by atoms with Gasteiger partial charge in [-0.1, -0.05) is 0 Å². The Labute approximate surface area is 99.7 Å². The molecule has 0 aromatic heterocycles. The van der Waals surface area contributed by atoms with Crippen molar-refractivity contribution in [2.45, 2.75) is 23.8 Å². The van der Waals surface area contributed by atoms with Crippen molar-refractivity contribution in [3.8, 4) is 0 Å². The first-order valence-corrected chi connectivity index (χ1v) is 6.88. The highest BCUT2D eigenvalue weighted by Crippen LogP contribution is 2.20. The predicted octanol–water partition coefficient (Wildman–Crippen LogP) is 0.971. The van der Waals surface area contributed by atoms with Gasteiger partial charge in [0, 0.05) is 13.1 Å². The highest BCUT2D eigenvalue weighted by Gasteiger charge is 2.29. The van der Waals surface area contributed by atoms with E-state index in [1.807, 2.05) is 0 Å². The monoisotopic (exact) mass is 259 g/mol. The van der Waals surface area contributed by atoms with E-state index in [-0.39, 0.29) is 11.4 Å². The summed E-state index contributed by atoms with van der Waals surface area (Å²) in [6.07, 6.45) is 0.649. The molecule has 6 heteroatoms. The van der Waals surface area contributed by atoms with E-state index in [9.17, 15) is 17.9 Å². The second-order valence-electron chi connectivity index (χ2n) is 4.11. The van der Waals surface area contributed by atoms with Crippen molar-refractivity contribution in [1.29, 1.82) is 0 Å². The van der Waals surface area contributed by atoms with Crippen LogP contribution in [-0.2, 0) is 10.0 Å². The van der Waals surface area contributed by atoms with Crippen LogP contribution in [0.3, 0.4) is 0 Å². The highest BCUT2D eigenvalue weighted by molar-refractivity contribution is 7.89. The van der Waals surface area contributed by atoms with Gasteiger partial charge >= 0.3 is 0 Å². The van der Waals surface area contributed by atoms with Gasteiger partial charge in [-0.05, 0) is 37.1 Å². The molecule has 1 aliphatic rings. The number of hydrogen-bond donors (Lipinski definition) is 1. The molecule has 1 atom stereocenters. The molecule has 1 N–H and O–H groups in total. The van der Waals surface area contributed by atoms with Gasteiger partial charge in [0.15, 0.2) is 0 Å². The van der Waals surface area contributed by atoms with Crippen molar-refractivity contribution in [3.05, 3.63) is 30.1 Å². The number of halogens is 1. The number of rotatable bonds is 2. The largest absolute Gasteiger partial charge is 0.392 e. The summed E-state index contributed by atoms with van der Waals surface area (Å²) in [7, 11) is -3.61. The second-order valence-corrected chi connectivity index (χ2v) is 6.05. The van der Waals surface area contributed by atoms with Gasteiger partial charge in [-0.15, -0.1) is 0 Å². The molecule has 0 radical (unpaired) electrons. The maximum absolute atomic E-state index is 12.7. The number of benzene rings is 1. The maximum Gasteiger partial charge on any atom is 0.243 e. The van der Waals surface area contributed by atoms with Gasteiger partial charge < -0.3 is 5.11 Å². The Hall–Kier alpha value is -0.980. The zero-order valence-corrected chi connectivity index (χ0v) is 10.0. The number of aliphatic hydroxyl groups is 1. The van der Waals surface area contributed by atoms with Crippen LogP contribution in [-0.4, -0.2) is 37.0 Å². The molecular formula is C11H14FNO3S. The lowest BCUT2D eigenvalue weighted by molar-refractivity contribution is 0.108. The molecule has 0 amide bonds. The first kappa shape index (κ1) is 12.5. The smallest absolute Gasteiger partial charge is 0.243 e. The van der Waals surface area contributed by atoms with Crippen LogP contribution in [0.4, 0.5) is 4.39 Å². The molecule has 0 aliphatic carbocycles. The van der Waals surface area contributed by atoms with E-state index in [4.69, 9.17) is 0 Å². The van der Waals surface area contributed by atoms with Crippen molar-refractivity contribution in [2.24, 2.45) is 0 Å². The van der Waals surface area contributed by atoms with Gasteiger partial charge in [0.2, 0.25) is 10.0 Å². The van der Waals surface area contributed by atoms with Gasteiger partial charge in [-0.25, -0.2) is 12.8 Å². The quantitative estimate of drug-likeness (QED) is 0.861. The third-order valence-corrected chi connectivity index (χ3v) is 4.69. The fourth-order valence-electron chi connectivity index (χ4n) is 1.89. The van der Waals surface area contributed by atoms with Crippen LogP contribution < -0.4 is 0 Å². The predicted molar refractivity (Wildman–Crippen MR) is 60.4 cm³/mol. The van der Waals surface area contributed by atoms with E-state index in [0.29, 0.717) is 19.4 Å². The van der Waals surface area contributed by atoms with Crippen molar-refractivity contribution >= 4 is 10.0 Å². The molecule has 1 heterocycles. The number of piperidine rings is 1. The van der Waals surface area contributed by atoms with Crippen molar-refractivity contribution in [3.63, 3.8) is 0 Å². The number of sulfonamides is 1. The van der Waals surface area contributed by atoms with Crippen molar-refractivity contribution in [1.82, 2.24) is 4.31 Å². The van der Waals surface area contributed by atoms with Crippen LogP contribution in [0.2, 0.25) is 0 Å². The van der Waals surface area contributed by atoms with Gasteiger partial charge in [0.1, 0.15) is 5.82 Å². The standard InChI is InChI=1S/C11H14FNO3S/c12-9-3-5-11(6-4-9)17(15,16)13-7-1-2-10(14)8-13/h3-6,10,14H,1-2,7-8H2/t10-/m1/s1. The van der Waals surface area contributed by atoms with E-state index >= 15 is 0 Å². The Bertz CT molecular complexity index is 486. The summed E-state index contributed by atoms with van der Waals surface area (Å²) in [6, 6.07) is 4.72. The lowest BCUT2D eigenvalue weighted by atomic mass is 10.1. The van der Waals surface area contributed by atoms with Crippen LogP contribution in [0.25, 0.3) is 0 Å². The summed E-state index contributed by atoms with van der Waals surface area (Å²) in [5.41, 5.74) is 0. The summed E-state index contributed by atoms with van der Waals surface area (Å²) < 4.78 is 38.2. The third-order valence-electron chi connectivity index (χ3n) is 2.81. The van der Waals surface area contributed by atoms with Crippen LogP contribution in [0.5, 0.6) is 0 Å². The van der Waals surface area contributed by atoms with E-state index < -0.39 is 21.9 Å². The molecule has 0 spiro atoms. The minimum Gasteiger partial charge on any atom is -0.392 e. The van der Waals surface area contributed by atoms with Crippen molar-refractivity contribution < 1.29 is 17.9 Å². The summed E-state index contributed by atoms with van der Waals surface area (Å²) in [6.45, 7) is 0.510. The second kappa shape index (κ2) is 4.72. The Morgan fingerprint density at radius 3 is 2.53 bits per heavy atom. The molecule has 1 aliphatic heterocycles. The number of aliphatic hydroxyl groups excluding tert-OH is 1. The molecule has 0 saturated carbocycles. The van der Waals surface area contributed by atoms with Gasteiger partial charge in [-0.3, -0.25) is 0 Å². The molecule has 2 rings (SSSR count). The molecule has 0 bridgehead atoms.